The molecule has 74 valence electrons. The third-order valence-electron chi connectivity index (χ3n) is 1.58. The molecule has 0 saturated heterocycles. The van der Waals surface area contributed by atoms with Crippen molar-refractivity contribution in [2.24, 2.45) is 5.10 Å². The molecule has 0 aromatic carbocycles. The minimum Gasteiger partial charge on any atom is -0.529 e. The van der Waals surface area contributed by atoms with Crippen molar-refractivity contribution in [3.05, 3.63) is 30.1 Å². The normalized spacial score (nSPS) is 11.1. The number of nitrogens with one attached hydrogen (secondary N) is 1. The minimum absolute atomic E-state index is 0.579. The second-order valence-electron chi connectivity index (χ2n) is 2.53. The molecule has 0 saturated carbocycles. The molecule has 0 atom stereocenters. The second-order valence-corrected chi connectivity index (χ2v) is 2.53. The lowest BCUT2D eigenvalue weighted by atomic mass is 10.2. The number of nitrogens with zero attached hydrogens (tertiary/aromatic N) is 2. The highest BCUT2D eigenvalue weighted by Gasteiger charge is 2.00. The van der Waals surface area contributed by atoms with E-state index in [1.54, 1.807) is 18.3 Å². The molecule has 0 fully saturated rings. The van der Waals surface area contributed by atoms with Crippen molar-refractivity contribution < 1.29 is 9.90 Å². The average Bonchev–Trinajstić information content (AvgIpc) is 2.20. The Hall–Kier alpha value is -1.91. The Bertz CT molecular complexity index is 335. The van der Waals surface area contributed by atoms with Gasteiger partial charge in [-0.05, 0) is 18.6 Å². The van der Waals surface area contributed by atoms with Gasteiger partial charge >= 0.3 is 0 Å². The molecule has 0 spiro atoms. The fourth-order valence-electron chi connectivity index (χ4n) is 0.964. The Labute approximate surface area is 81.5 Å². The second kappa shape index (κ2) is 4.96. The monoisotopic (exact) mass is 192 g/mol. The molecule has 0 aliphatic heterocycles. The fourth-order valence-corrected chi connectivity index (χ4v) is 0.964. The van der Waals surface area contributed by atoms with Crippen LogP contribution in [0, 0.1) is 0 Å². The third kappa shape index (κ3) is 2.85. The highest BCUT2D eigenvalue weighted by molar-refractivity contribution is 5.98. The van der Waals surface area contributed by atoms with Crippen molar-refractivity contribution in [2.75, 3.05) is 0 Å². The number of carbonyl (C=O) groups excluding carboxylic acids is 1. The first-order chi connectivity index (χ1) is 6.74. The summed E-state index contributed by atoms with van der Waals surface area (Å²) in [6.07, 6.45) is 0.795. The third-order valence-corrected chi connectivity index (χ3v) is 1.58. The lowest BCUT2D eigenvalue weighted by Gasteiger charge is -2.04. The van der Waals surface area contributed by atoms with Crippen molar-refractivity contribution in [2.45, 2.75) is 13.3 Å². The molecule has 5 nitrogen and oxygen atoms in total. The summed E-state index contributed by atoms with van der Waals surface area (Å²) < 4.78 is 0. The maximum absolute atomic E-state index is 10.1. The van der Waals surface area contributed by atoms with Gasteiger partial charge in [-0.25, -0.2) is 0 Å². The van der Waals surface area contributed by atoms with E-state index in [0.717, 1.165) is 0 Å². The van der Waals surface area contributed by atoms with Crippen LogP contribution in [0.1, 0.15) is 19.0 Å². The van der Waals surface area contributed by atoms with Gasteiger partial charge in [-0.1, -0.05) is 13.0 Å². The molecule has 1 aromatic heterocycles. The number of carbonyl (C=O) groups is 1. The summed E-state index contributed by atoms with van der Waals surface area (Å²) in [5.74, 6) is 0. The van der Waals surface area contributed by atoms with Crippen LogP contribution in [0.2, 0.25) is 0 Å². The van der Waals surface area contributed by atoms with Crippen molar-refractivity contribution >= 4 is 11.8 Å². The van der Waals surface area contributed by atoms with E-state index in [1.807, 2.05) is 18.4 Å². The number of hydrazone groups is 1. The maximum atomic E-state index is 10.1. The molecule has 0 unspecified atom stereocenters. The van der Waals surface area contributed by atoms with Crippen LogP contribution in [0.3, 0.4) is 0 Å². The van der Waals surface area contributed by atoms with Crippen LogP contribution in [-0.4, -0.2) is 16.8 Å². The summed E-state index contributed by atoms with van der Waals surface area (Å²) >= 11 is 0. The van der Waals surface area contributed by atoms with Crippen LogP contribution in [0.4, 0.5) is 4.79 Å². The molecule has 0 bridgehead atoms. The zero-order chi connectivity index (χ0) is 10.4. The Morgan fingerprint density at radius 2 is 2.43 bits per heavy atom. The average molecular weight is 192 g/mol. The SMILES string of the molecule is CC/C(=N/NC(=O)[O-])c1ccccn1. The fraction of sp³-hybridized carbons (Fsp3) is 0.222. The van der Waals surface area contributed by atoms with E-state index in [4.69, 9.17) is 0 Å². The first-order valence-electron chi connectivity index (χ1n) is 4.19. The summed E-state index contributed by atoms with van der Waals surface area (Å²) in [5.41, 5.74) is 3.08. The van der Waals surface area contributed by atoms with Gasteiger partial charge in [0.2, 0.25) is 0 Å². The van der Waals surface area contributed by atoms with E-state index >= 15 is 0 Å². The Balaban J connectivity index is 2.82. The zero-order valence-corrected chi connectivity index (χ0v) is 7.73. The molecule has 0 radical (unpaired) electrons. The molecule has 1 heterocycles. The molecule has 0 aliphatic rings. The molecule has 1 amide bonds. The Morgan fingerprint density at radius 3 is 2.93 bits per heavy atom. The molecule has 14 heavy (non-hydrogen) atoms. The van der Waals surface area contributed by atoms with Crippen LogP contribution in [0.15, 0.2) is 29.5 Å². The number of hydrogen-bond donors (Lipinski definition) is 1. The van der Waals surface area contributed by atoms with Gasteiger partial charge in [-0.3, -0.25) is 10.4 Å². The lowest BCUT2D eigenvalue weighted by molar-refractivity contribution is -0.250. The minimum atomic E-state index is -1.42. The highest BCUT2D eigenvalue weighted by Crippen LogP contribution is 1.99. The number of carboxylic acid groups (broad SMARTS) is 1. The van der Waals surface area contributed by atoms with Crippen LogP contribution >= 0.6 is 0 Å². The molecule has 1 rings (SSSR count). The zero-order valence-electron chi connectivity index (χ0n) is 7.73. The number of rotatable bonds is 3. The van der Waals surface area contributed by atoms with Gasteiger partial charge in [-0.15, -0.1) is 0 Å². The van der Waals surface area contributed by atoms with E-state index in [-0.39, 0.29) is 0 Å². The topological polar surface area (TPSA) is 77.4 Å². The highest BCUT2D eigenvalue weighted by atomic mass is 16.4. The lowest BCUT2D eigenvalue weighted by Crippen LogP contribution is -2.33. The molecule has 1 N–H and O–H groups in total. The number of hydrogen-bond acceptors (Lipinski definition) is 4. The van der Waals surface area contributed by atoms with E-state index < -0.39 is 6.09 Å². The van der Waals surface area contributed by atoms with E-state index in [2.05, 4.69) is 10.1 Å². The Morgan fingerprint density at radius 1 is 1.64 bits per heavy atom. The molecule has 5 heteroatoms. The standard InChI is InChI=1S/C9H11N3O2/c1-2-7(11-12-9(13)14)8-5-3-4-6-10-8/h3-6,12H,2H2,1H3,(H,13,14)/p-1/b11-7-. The van der Waals surface area contributed by atoms with Crippen molar-refractivity contribution in [1.82, 2.24) is 10.4 Å². The van der Waals surface area contributed by atoms with E-state index in [9.17, 15) is 9.90 Å². The smallest absolute Gasteiger partial charge is 0.155 e. The van der Waals surface area contributed by atoms with E-state index in [1.165, 1.54) is 0 Å². The molecular formula is C9H10N3O2-. The molecule has 0 aliphatic carbocycles. The van der Waals surface area contributed by atoms with Gasteiger partial charge in [0.05, 0.1) is 11.4 Å². The van der Waals surface area contributed by atoms with Gasteiger partial charge < -0.3 is 9.90 Å². The molecular weight excluding hydrogens is 182 g/mol. The predicted molar refractivity (Wildman–Crippen MR) is 49.6 cm³/mol. The van der Waals surface area contributed by atoms with E-state index in [0.29, 0.717) is 17.8 Å². The summed E-state index contributed by atoms with van der Waals surface area (Å²) in [4.78, 5) is 14.1. The van der Waals surface area contributed by atoms with Gasteiger partial charge in [0.25, 0.3) is 0 Å². The number of amides is 1. The number of aromatic nitrogens is 1. The maximum Gasteiger partial charge on any atom is 0.155 e. The van der Waals surface area contributed by atoms with Crippen molar-refractivity contribution in [1.29, 1.82) is 0 Å². The molecule has 1 aromatic rings. The van der Waals surface area contributed by atoms with Crippen LogP contribution in [0.5, 0.6) is 0 Å². The van der Waals surface area contributed by atoms with Crippen molar-refractivity contribution in [3.63, 3.8) is 0 Å². The first kappa shape index (κ1) is 10.2. The summed E-state index contributed by atoms with van der Waals surface area (Å²) in [6.45, 7) is 1.87. The summed E-state index contributed by atoms with van der Waals surface area (Å²) in [5, 5.41) is 13.8. The number of pyridine rings is 1. The summed E-state index contributed by atoms with van der Waals surface area (Å²) in [7, 11) is 0. The van der Waals surface area contributed by atoms with Gasteiger partial charge in [0.15, 0.2) is 6.09 Å². The van der Waals surface area contributed by atoms with Gasteiger partial charge in [0, 0.05) is 6.20 Å². The van der Waals surface area contributed by atoms with Crippen LogP contribution < -0.4 is 10.5 Å². The largest absolute Gasteiger partial charge is 0.529 e. The summed E-state index contributed by atoms with van der Waals surface area (Å²) in [6, 6.07) is 5.36. The van der Waals surface area contributed by atoms with Gasteiger partial charge in [0.1, 0.15) is 0 Å². The quantitative estimate of drug-likeness (QED) is 0.546. The van der Waals surface area contributed by atoms with Crippen LogP contribution in [-0.2, 0) is 0 Å². The Kier molecular flexibility index (Phi) is 3.60. The predicted octanol–water partition coefficient (Wildman–Crippen LogP) is 0.129. The van der Waals surface area contributed by atoms with Crippen LogP contribution in [0.25, 0.3) is 0 Å². The first-order valence-corrected chi connectivity index (χ1v) is 4.19. The van der Waals surface area contributed by atoms with Gasteiger partial charge in [-0.2, -0.15) is 5.10 Å². The van der Waals surface area contributed by atoms with Crippen molar-refractivity contribution in [3.8, 4) is 0 Å².